The summed E-state index contributed by atoms with van der Waals surface area (Å²) in [5, 5.41) is 23.8. The van der Waals surface area contributed by atoms with Gasteiger partial charge in [0.15, 0.2) is 22.5 Å². The number of amides is 1. The van der Waals surface area contributed by atoms with E-state index in [2.05, 4.69) is 20.7 Å². The molecule has 10 heteroatoms. The van der Waals surface area contributed by atoms with Gasteiger partial charge in [-0.3, -0.25) is 9.36 Å². The van der Waals surface area contributed by atoms with E-state index in [1.165, 1.54) is 24.9 Å². The van der Waals surface area contributed by atoms with Crippen LogP contribution in [-0.4, -0.2) is 44.4 Å². The van der Waals surface area contributed by atoms with E-state index in [9.17, 15) is 9.90 Å². The fraction of sp³-hybridized carbons (Fsp3) is 0.120. The minimum Gasteiger partial charge on any atom is -0.504 e. The Kier molecular flexibility index (Phi) is 7.69. The molecule has 1 heterocycles. The van der Waals surface area contributed by atoms with Crippen LogP contribution in [-0.2, 0) is 4.79 Å². The Hall–Kier alpha value is -3.82. The standard InChI is InChI=1S/C25H22ClN5O3S/c1-16(18-10-13-21(32)22(14-18)34-2)27-28-23(33)15-35-25-30-29-24(17-8-11-19(26)12-9-17)31(25)20-6-4-3-5-7-20/h3-14,32H,15H2,1-2H3,(H,28,33). The van der Waals surface area contributed by atoms with Crippen molar-refractivity contribution in [1.82, 2.24) is 20.2 Å². The average molecular weight is 508 g/mol. The van der Waals surface area contributed by atoms with Gasteiger partial charge in [0.1, 0.15) is 0 Å². The molecule has 0 radical (unpaired) electrons. The van der Waals surface area contributed by atoms with Crippen molar-refractivity contribution in [1.29, 1.82) is 0 Å². The highest BCUT2D eigenvalue weighted by Crippen LogP contribution is 2.29. The molecule has 0 fully saturated rings. The predicted octanol–water partition coefficient (Wildman–Crippen LogP) is 4.93. The number of halogens is 1. The molecule has 0 unspecified atom stereocenters. The molecule has 0 spiro atoms. The number of benzene rings is 3. The SMILES string of the molecule is COc1cc(C(C)=NNC(=O)CSc2nnc(-c3ccc(Cl)cc3)n2-c2ccccc2)ccc1O. The molecule has 1 aromatic heterocycles. The summed E-state index contributed by atoms with van der Waals surface area (Å²) in [6.45, 7) is 1.75. The van der Waals surface area contributed by atoms with Gasteiger partial charge < -0.3 is 9.84 Å². The monoisotopic (exact) mass is 507 g/mol. The van der Waals surface area contributed by atoms with Crippen molar-refractivity contribution in [2.24, 2.45) is 5.10 Å². The number of rotatable bonds is 8. The van der Waals surface area contributed by atoms with Crippen LogP contribution in [0.25, 0.3) is 17.1 Å². The van der Waals surface area contributed by atoms with Gasteiger partial charge in [-0.2, -0.15) is 5.10 Å². The molecule has 8 nitrogen and oxygen atoms in total. The summed E-state index contributed by atoms with van der Waals surface area (Å²) in [5.41, 5.74) is 5.57. The molecule has 0 saturated heterocycles. The molecule has 0 atom stereocenters. The van der Waals surface area contributed by atoms with E-state index in [-0.39, 0.29) is 17.4 Å². The summed E-state index contributed by atoms with van der Waals surface area (Å²) in [7, 11) is 1.47. The molecule has 0 saturated carbocycles. The minimum absolute atomic E-state index is 0.0324. The number of thioether (sulfide) groups is 1. The normalized spacial score (nSPS) is 11.3. The number of hydrazone groups is 1. The lowest BCUT2D eigenvalue weighted by Gasteiger charge is -2.10. The molecule has 3 aromatic carbocycles. The number of hydrogen-bond acceptors (Lipinski definition) is 7. The van der Waals surface area contributed by atoms with Crippen LogP contribution in [0.2, 0.25) is 5.02 Å². The van der Waals surface area contributed by atoms with Gasteiger partial charge >= 0.3 is 0 Å². The highest BCUT2D eigenvalue weighted by molar-refractivity contribution is 7.99. The minimum atomic E-state index is -0.296. The summed E-state index contributed by atoms with van der Waals surface area (Å²) >= 11 is 7.29. The van der Waals surface area contributed by atoms with Crippen LogP contribution in [0.5, 0.6) is 11.5 Å². The van der Waals surface area contributed by atoms with Crippen molar-refractivity contribution in [3.8, 4) is 28.6 Å². The summed E-state index contributed by atoms with van der Waals surface area (Å²) in [5.74, 6) is 0.795. The predicted molar refractivity (Wildman–Crippen MR) is 138 cm³/mol. The molecule has 0 aliphatic carbocycles. The van der Waals surface area contributed by atoms with Crippen LogP contribution in [0.15, 0.2) is 83.1 Å². The maximum Gasteiger partial charge on any atom is 0.250 e. The van der Waals surface area contributed by atoms with E-state index >= 15 is 0 Å². The Labute approximate surface area is 211 Å². The fourth-order valence-corrected chi connectivity index (χ4v) is 4.11. The van der Waals surface area contributed by atoms with Gasteiger partial charge in [0.2, 0.25) is 0 Å². The maximum absolute atomic E-state index is 12.5. The van der Waals surface area contributed by atoms with Gasteiger partial charge in [-0.15, -0.1) is 10.2 Å². The molecule has 0 bridgehead atoms. The summed E-state index contributed by atoms with van der Waals surface area (Å²) in [4.78, 5) is 12.5. The third kappa shape index (κ3) is 5.82. The number of para-hydroxylation sites is 1. The second-order valence-electron chi connectivity index (χ2n) is 7.39. The maximum atomic E-state index is 12.5. The number of nitrogens with one attached hydrogen (secondary N) is 1. The quantitative estimate of drug-likeness (QED) is 0.199. The number of ether oxygens (including phenoxy) is 1. The Morgan fingerprint density at radius 3 is 2.57 bits per heavy atom. The highest BCUT2D eigenvalue weighted by Gasteiger charge is 2.17. The zero-order valence-electron chi connectivity index (χ0n) is 19.0. The van der Waals surface area contributed by atoms with Crippen molar-refractivity contribution in [2.45, 2.75) is 12.1 Å². The molecule has 178 valence electrons. The van der Waals surface area contributed by atoms with Crippen molar-refractivity contribution in [3.05, 3.63) is 83.4 Å². The number of aromatic nitrogens is 3. The number of carbonyl (C=O) groups excluding carboxylic acids is 1. The third-order valence-electron chi connectivity index (χ3n) is 5.03. The number of nitrogens with zero attached hydrogens (tertiary/aromatic N) is 4. The third-order valence-corrected chi connectivity index (χ3v) is 6.21. The fourth-order valence-electron chi connectivity index (χ4n) is 3.23. The number of carbonyl (C=O) groups is 1. The topological polar surface area (TPSA) is 102 Å². The van der Waals surface area contributed by atoms with E-state index in [0.29, 0.717) is 33.0 Å². The van der Waals surface area contributed by atoms with Crippen LogP contribution < -0.4 is 10.2 Å². The van der Waals surface area contributed by atoms with E-state index in [0.717, 1.165) is 11.3 Å². The van der Waals surface area contributed by atoms with E-state index in [1.807, 2.05) is 47.0 Å². The zero-order valence-corrected chi connectivity index (χ0v) is 20.5. The van der Waals surface area contributed by atoms with Gasteiger partial charge in [0, 0.05) is 21.8 Å². The van der Waals surface area contributed by atoms with Gasteiger partial charge in [-0.1, -0.05) is 41.6 Å². The molecule has 2 N–H and O–H groups in total. The lowest BCUT2D eigenvalue weighted by atomic mass is 10.1. The summed E-state index contributed by atoms with van der Waals surface area (Å²) < 4.78 is 7.02. The number of aromatic hydroxyl groups is 1. The first-order valence-corrected chi connectivity index (χ1v) is 11.9. The number of hydrogen-bond donors (Lipinski definition) is 2. The van der Waals surface area contributed by atoms with Gasteiger partial charge in [-0.05, 0) is 61.5 Å². The Balaban J connectivity index is 1.50. The Morgan fingerprint density at radius 2 is 1.86 bits per heavy atom. The highest BCUT2D eigenvalue weighted by atomic mass is 35.5. The Morgan fingerprint density at radius 1 is 1.11 bits per heavy atom. The Bertz CT molecular complexity index is 1360. The molecule has 35 heavy (non-hydrogen) atoms. The van der Waals surface area contributed by atoms with Gasteiger partial charge in [0.05, 0.1) is 18.6 Å². The van der Waals surface area contributed by atoms with Crippen LogP contribution in [0.3, 0.4) is 0 Å². The summed E-state index contributed by atoms with van der Waals surface area (Å²) in [6.07, 6.45) is 0. The molecular weight excluding hydrogens is 486 g/mol. The number of phenols is 1. The van der Waals surface area contributed by atoms with E-state index in [1.54, 1.807) is 31.2 Å². The van der Waals surface area contributed by atoms with Crippen LogP contribution in [0.4, 0.5) is 0 Å². The van der Waals surface area contributed by atoms with Crippen LogP contribution >= 0.6 is 23.4 Å². The smallest absolute Gasteiger partial charge is 0.250 e. The largest absolute Gasteiger partial charge is 0.504 e. The molecule has 4 rings (SSSR count). The van der Waals surface area contributed by atoms with Crippen molar-refractivity contribution in [2.75, 3.05) is 12.9 Å². The van der Waals surface area contributed by atoms with Crippen molar-refractivity contribution < 1.29 is 14.6 Å². The van der Waals surface area contributed by atoms with Crippen molar-refractivity contribution >= 4 is 35.0 Å². The van der Waals surface area contributed by atoms with Crippen LogP contribution in [0, 0.1) is 0 Å². The van der Waals surface area contributed by atoms with E-state index < -0.39 is 0 Å². The molecule has 0 aliphatic rings. The van der Waals surface area contributed by atoms with Gasteiger partial charge in [0.25, 0.3) is 5.91 Å². The summed E-state index contributed by atoms with van der Waals surface area (Å²) in [6, 6.07) is 21.9. The first-order chi connectivity index (χ1) is 17.0. The first-order valence-electron chi connectivity index (χ1n) is 10.6. The molecule has 4 aromatic rings. The number of methoxy groups -OCH3 is 1. The first kappa shape index (κ1) is 24.3. The lowest BCUT2D eigenvalue weighted by Crippen LogP contribution is -2.21. The average Bonchev–Trinajstić information content (AvgIpc) is 3.31. The second-order valence-corrected chi connectivity index (χ2v) is 8.77. The number of phenolic OH excluding ortho intramolecular Hbond substituents is 1. The second kappa shape index (κ2) is 11.1. The van der Waals surface area contributed by atoms with Crippen LogP contribution in [0.1, 0.15) is 12.5 Å². The van der Waals surface area contributed by atoms with Crippen molar-refractivity contribution in [3.63, 3.8) is 0 Å². The molecular formula is C25H22ClN5O3S. The molecule has 1 amide bonds. The van der Waals surface area contributed by atoms with E-state index in [4.69, 9.17) is 16.3 Å². The molecule has 0 aliphatic heterocycles. The zero-order chi connectivity index (χ0) is 24.8. The van der Waals surface area contributed by atoms with Gasteiger partial charge in [-0.25, -0.2) is 5.43 Å². The lowest BCUT2D eigenvalue weighted by molar-refractivity contribution is -0.118.